The molecule has 0 aliphatic heterocycles. The van der Waals surface area contributed by atoms with Gasteiger partial charge in [0, 0.05) is 23.2 Å². The van der Waals surface area contributed by atoms with E-state index in [0.29, 0.717) is 10.3 Å². The van der Waals surface area contributed by atoms with Gasteiger partial charge in [-0.15, -0.1) is 22.7 Å². The molecule has 0 saturated carbocycles. The normalized spacial score (nSPS) is 8.67. The average molecular weight is 200 g/mol. The first-order chi connectivity index (χ1) is 5.79. The standard InChI is InChI=1S/2C3H4N2S/c2*4-3-5-1-2-6-3/h2*1-2H,(H2,4,5). The van der Waals surface area contributed by atoms with Gasteiger partial charge in [0.1, 0.15) is 0 Å². The molecule has 0 fully saturated rings. The summed E-state index contributed by atoms with van der Waals surface area (Å²) in [6.45, 7) is 0. The van der Waals surface area contributed by atoms with Crippen molar-refractivity contribution < 1.29 is 0 Å². The molecule has 0 unspecified atom stereocenters. The Bertz CT molecular complexity index is 257. The molecule has 6 heteroatoms. The number of hydrogen-bond acceptors (Lipinski definition) is 6. The van der Waals surface area contributed by atoms with Gasteiger partial charge < -0.3 is 11.5 Å². The minimum Gasteiger partial charge on any atom is -0.375 e. The molecule has 12 heavy (non-hydrogen) atoms. The predicted molar refractivity (Wildman–Crippen MR) is 53.1 cm³/mol. The number of hydrogen-bond donors (Lipinski definition) is 2. The number of nitrogens with two attached hydrogens (primary N) is 2. The second-order valence-corrected chi connectivity index (χ2v) is 3.59. The molecular weight excluding hydrogens is 192 g/mol. The van der Waals surface area contributed by atoms with Crippen LogP contribution in [0.2, 0.25) is 0 Å². The van der Waals surface area contributed by atoms with E-state index in [-0.39, 0.29) is 0 Å². The first-order valence-corrected chi connectivity index (χ1v) is 4.85. The van der Waals surface area contributed by atoms with Crippen molar-refractivity contribution in [2.75, 3.05) is 11.5 Å². The van der Waals surface area contributed by atoms with Crippen LogP contribution in [0.4, 0.5) is 10.3 Å². The van der Waals surface area contributed by atoms with Crippen LogP contribution < -0.4 is 11.5 Å². The zero-order valence-electron chi connectivity index (χ0n) is 6.18. The predicted octanol–water partition coefficient (Wildman–Crippen LogP) is 1.45. The Balaban J connectivity index is 0.000000120. The molecule has 0 aliphatic carbocycles. The van der Waals surface area contributed by atoms with Gasteiger partial charge >= 0.3 is 0 Å². The van der Waals surface area contributed by atoms with Gasteiger partial charge in [0.05, 0.1) is 0 Å². The van der Waals surface area contributed by atoms with Crippen LogP contribution in [0.5, 0.6) is 0 Å². The monoisotopic (exact) mass is 200 g/mol. The van der Waals surface area contributed by atoms with E-state index in [2.05, 4.69) is 9.97 Å². The van der Waals surface area contributed by atoms with Crippen molar-refractivity contribution in [1.82, 2.24) is 9.97 Å². The number of nitrogen functional groups attached to an aromatic ring is 2. The fourth-order valence-corrected chi connectivity index (χ4v) is 1.23. The summed E-state index contributed by atoms with van der Waals surface area (Å²) in [6, 6.07) is 0. The first kappa shape index (κ1) is 8.95. The molecule has 2 aromatic rings. The fraction of sp³-hybridized carbons (Fsp3) is 0. The van der Waals surface area contributed by atoms with Crippen molar-refractivity contribution in [3.63, 3.8) is 0 Å². The molecule has 0 aromatic carbocycles. The molecule has 0 amide bonds. The van der Waals surface area contributed by atoms with Gasteiger partial charge in [0.25, 0.3) is 0 Å². The highest BCUT2D eigenvalue weighted by atomic mass is 32.1. The number of anilines is 2. The van der Waals surface area contributed by atoms with Gasteiger partial charge in [0.2, 0.25) is 0 Å². The summed E-state index contributed by atoms with van der Waals surface area (Å²) < 4.78 is 0. The highest BCUT2D eigenvalue weighted by Crippen LogP contribution is 2.02. The lowest BCUT2D eigenvalue weighted by Crippen LogP contribution is -1.77. The van der Waals surface area contributed by atoms with E-state index < -0.39 is 0 Å². The lowest BCUT2D eigenvalue weighted by atomic mass is 11.0. The molecule has 4 N–H and O–H groups in total. The van der Waals surface area contributed by atoms with Crippen LogP contribution in [0.15, 0.2) is 23.2 Å². The van der Waals surface area contributed by atoms with E-state index in [1.165, 1.54) is 22.7 Å². The summed E-state index contributed by atoms with van der Waals surface area (Å²) in [4.78, 5) is 7.43. The largest absolute Gasteiger partial charge is 0.375 e. The highest BCUT2D eigenvalue weighted by Gasteiger charge is 1.77. The van der Waals surface area contributed by atoms with Gasteiger partial charge in [-0.05, 0) is 0 Å². The zero-order chi connectivity index (χ0) is 8.81. The Morgan fingerprint density at radius 3 is 1.42 bits per heavy atom. The van der Waals surface area contributed by atoms with E-state index in [1.807, 2.05) is 10.8 Å². The highest BCUT2D eigenvalue weighted by molar-refractivity contribution is 7.13. The molecule has 0 radical (unpaired) electrons. The zero-order valence-corrected chi connectivity index (χ0v) is 7.81. The molecule has 4 nitrogen and oxygen atoms in total. The maximum Gasteiger partial charge on any atom is 0.179 e. The molecular formula is C6H8N4S2. The first-order valence-electron chi connectivity index (χ1n) is 3.09. The van der Waals surface area contributed by atoms with Crippen LogP contribution in [0.25, 0.3) is 0 Å². The van der Waals surface area contributed by atoms with Crippen molar-refractivity contribution in [2.24, 2.45) is 0 Å². The Morgan fingerprint density at radius 2 is 1.33 bits per heavy atom. The van der Waals surface area contributed by atoms with Crippen molar-refractivity contribution in [2.45, 2.75) is 0 Å². The van der Waals surface area contributed by atoms with Gasteiger partial charge in [-0.2, -0.15) is 0 Å². The van der Waals surface area contributed by atoms with E-state index in [0.717, 1.165) is 0 Å². The third-order valence-corrected chi connectivity index (χ3v) is 2.11. The average Bonchev–Trinajstić information content (AvgIpc) is 2.63. The second-order valence-electron chi connectivity index (χ2n) is 1.74. The third-order valence-electron chi connectivity index (χ3n) is 0.903. The second kappa shape index (κ2) is 4.68. The molecule has 2 rings (SSSR count). The van der Waals surface area contributed by atoms with Gasteiger partial charge in [-0.25, -0.2) is 9.97 Å². The van der Waals surface area contributed by atoms with Crippen LogP contribution in [0.1, 0.15) is 0 Å². The number of aromatic nitrogens is 2. The van der Waals surface area contributed by atoms with Crippen molar-refractivity contribution in [3.05, 3.63) is 23.2 Å². The maximum atomic E-state index is 5.19. The Labute approximate surface area is 77.9 Å². The van der Waals surface area contributed by atoms with E-state index in [4.69, 9.17) is 11.5 Å². The molecule has 0 saturated heterocycles. The summed E-state index contributed by atoms with van der Waals surface area (Å²) in [5, 5.41) is 4.95. The van der Waals surface area contributed by atoms with Crippen molar-refractivity contribution >= 4 is 32.9 Å². The van der Waals surface area contributed by atoms with Crippen LogP contribution in [0.3, 0.4) is 0 Å². The number of nitrogens with zero attached hydrogens (tertiary/aromatic N) is 2. The minimum absolute atomic E-state index is 0.634. The SMILES string of the molecule is Nc1nccs1.Nc1nccs1. The Morgan fingerprint density at radius 1 is 0.917 bits per heavy atom. The van der Waals surface area contributed by atoms with Gasteiger partial charge in [0.15, 0.2) is 10.3 Å². The summed E-state index contributed by atoms with van der Waals surface area (Å²) in [5.41, 5.74) is 10.4. The number of rotatable bonds is 0. The molecule has 0 bridgehead atoms. The summed E-state index contributed by atoms with van der Waals surface area (Å²) in [6.07, 6.45) is 3.36. The summed E-state index contributed by atoms with van der Waals surface area (Å²) in [5.74, 6) is 0. The molecule has 0 aliphatic rings. The van der Waals surface area contributed by atoms with Crippen molar-refractivity contribution in [1.29, 1.82) is 0 Å². The molecule has 0 atom stereocenters. The van der Waals surface area contributed by atoms with Crippen LogP contribution in [-0.4, -0.2) is 9.97 Å². The van der Waals surface area contributed by atoms with Crippen LogP contribution in [0, 0.1) is 0 Å². The Hall–Kier alpha value is -1.14. The number of thiazole rings is 2. The van der Waals surface area contributed by atoms with E-state index >= 15 is 0 Å². The van der Waals surface area contributed by atoms with Gasteiger partial charge in [-0.1, -0.05) is 0 Å². The molecule has 2 aromatic heterocycles. The quantitative estimate of drug-likeness (QED) is 0.674. The Kier molecular flexibility index (Phi) is 3.49. The third kappa shape index (κ3) is 3.31. The van der Waals surface area contributed by atoms with Crippen LogP contribution >= 0.6 is 22.7 Å². The van der Waals surface area contributed by atoms with Gasteiger partial charge in [-0.3, -0.25) is 0 Å². The molecule has 0 spiro atoms. The van der Waals surface area contributed by atoms with E-state index in [9.17, 15) is 0 Å². The fourth-order valence-electron chi connectivity index (χ4n) is 0.469. The topological polar surface area (TPSA) is 77.8 Å². The van der Waals surface area contributed by atoms with E-state index in [1.54, 1.807) is 12.4 Å². The minimum atomic E-state index is 0.634. The van der Waals surface area contributed by atoms with Crippen LogP contribution in [-0.2, 0) is 0 Å². The van der Waals surface area contributed by atoms with Crippen molar-refractivity contribution in [3.8, 4) is 0 Å². The summed E-state index contributed by atoms with van der Waals surface area (Å²) in [7, 11) is 0. The lowest BCUT2D eigenvalue weighted by molar-refractivity contribution is 1.43. The maximum absolute atomic E-state index is 5.19. The summed E-state index contributed by atoms with van der Waals surface area (Å²) >= 11 is 2.89. The lowest BCUT2D eigenvalue weighted by Gasteiger charge is -1.67. The smallest absolute Gasteiger partial charge is 0.179 e. The molecule has 2 heterocycles. The molecule has 64 valence electrons.